The van der Waals surface area contributed by atoms with Gasteiger partial charge in [0.25, 0.3) is 0 Å². The molecule has 9 heteroatoms. The maximum atomic E-state index is 10.6. The molecule has 189 valence electrons. The summed E-state index contributed by atoms with van der Waals surface area (Å²) in [6.07, 6.45) is 6.46. The third kappa shape index (κ3) is 9.43. The fraction of sp³-hybridized carbons (Fsp3) is 0.115. The number of nitrogens with zero attached hydrogens (tertiary/aromatic N) is 4. The average Bonchev–Trinajstić information content (AvgIpc) is 3.39. The van der Waals surface area contributed by atoms with Crippen LogP contribution in [0.5, 0.6) is 17.2 Å². The van der Waals surface area contributed by atoms with Crippen molar-refractivity contribution < 1.29 is 49.5 Å². The molecule has 0 bridgehead atoms. The zero-order chi connectivity index (χ0) is 23.5. The first-order chi connectivity index (χ1) is 16.0. The second kappa shape index (κ2) is 15.5. The second-order valence-electron chi connectivity index (χ2n) is 7.21. The molecule has 0 aliphatic heterocycles. The van der Waals surface area contributed by atoms with Crippen LogP contribution in [0, 0.1) is 6.92 Å². The second-order valence-corrected chi connectivity index (χ2v) is 7.21. The molecule has 0 aliphatic carbocycles. The number of aliphatic imine (C=N–C) groups is 2. The maximum Gasteiger partial charge on any atom is 1.00 e. The molecule has 7 nitrogen and oxygen atoms in total. The molecule has 0 saturated carbocycles. The number of aromatic nitrogens is 2. The van der Waals surface area contributed by atoms with Gasteiger partial charge in [-0.2, -0.15) is 6.20 Å². The summed E-state index contributed by atoms with van der Waals surface area (Å²) < 4.78 is 0. The normalized spacial score (nSPS) is 10.3. The number of hydrogen-bond donors (Lipinski definition) is 3. The first-order valence-electron chi connectivity index (χ1n) is 10.3. The summed E-state index contributed by atoms with van der Waals surface area (Å²) >= 11 is 0. The number of para-hydroxylation sites is 2. The number of aryl methyl sites for hydroxylation is 1. The molecule has 0 fully saturated rings. The van der Waals surface area contributed by atoms with Gasteiger partial charge in [-0.15, -0.1) is 0 Å². The molecule has 3 N–H and O–H groups in total. The fourth-order valence-electron chi connectivity index (χ4n) is 3.05. The quantitative estimate of drug-likeness (QED) is 0.236. The Morgan fingerprint density at radius 3 is 1.66 bits per heavy atom. The van der Waals surface area contributed by atoms with Crippen molar-refractivity contribution in [1.82, 2.24) is 10.2 Å². The van der Waals surface area contributed by atoms with Gasteiger partial charge in [0.15, 0.2) is 0 Å². The topological polar surface area (TPSA) is 112 Å². The van der Waals surface area contributed by atoms with Crippen LogP contribution in [0.2, 0.25) is 0 Å². The average molecular weight is 569 g/mol. The van der Waals surface area contributed by atoms with Crippen molar-refractivity contribution in [2.75, 3.05) is 0 Å². The van der Waals surface area contributed by atoms with Gasteiger partial charge < -0.3 is 25.5 Å². The Hall–Kier alpha value is -3.35. The first kappa shape index (κ1) is 29.7. The molecule has 1 aromatic heterocycles. The van der Waals surface area contributed by atoms with Gasteiger partial charge in [-0.25, -0.2) is 0 Å². The fourth-order valence-corrected chi connectivity index (χ4v) is 3.05. The third-order valence-corrected chi connectivity index (χ3v) is 4.64. The van der Waals surface area contributed by atoms with Crippen molar-refractivity contribution in [2.45, 2.75) is 20.0 Å². The SMILES string of the molecule is Cc1cc(CN=Cc2ccccc2O)c(O)c(CN=Cc2ccccc2O)c1.[Cu+].[Cu].c1cn[n-]c1. The van der Waals surface area contributed by atoms with Crippen LogP contribution in [0.1, 0.15) is 27.8 Å². The number of aromatic hydroxyl groups is 3. The predicted octanol–water partition coefficient (Wildman–Crippen LogP) is 4.38. The number of phenolic OH excluding ortho intramolecular Hbond substituents is 3. The molecule has 0 spiro atoms. The Kier molecular flexibility index (Phi) is 13.2. The van der Waals surface area contributed by atoms with Crippen molar-refractivity contribution in [1.29, 1.82) is 0 Å². The summed E-state index contributed by atoms with van der Waals surface area (Å²) in [5, 5.41) is 37.1. The molecule has 1 radical (unpaired) electrons. The van der Waals surface area contributed by atoms with Gasteiger partial charge in [-0.1, -0.05) is 48.0 Å². The predicted molar refractivity (Wildman–Crippen MR) is 129 cm³/mol. The summed E-state index contributed by atoms with van der Waals surface area (Å²) in [6.45, 7) is 2.53. The van der Waals surface area contributed by atoms with E-state index < -0.39 is 0 Å². The Balaban J connectivity index is 0.000000779. The van der Waals surface area contributed by atoms with Crippen LogP contribution in [0.4, 0.5) is 0 Å². The molecule has 3 aromatic carbocycles. The summed E-state index contributed by atoms with van der Waals surface area (Å²) in [5.41, 5.74) is 3.64. The molecule has 4 aromatic rings. The third-order valence-electron chi connectivity index (χ3n) is 4.64. The Bertz CT molecular complexity index is 1130. The van der Waals surface area contributed by atoms with E-state index in [2.05, 4.69) is 20.2 Å². The summed E-state index contributed by atoms with van der Waals surface area (Å²) in [5.74, 6) is 0.493. The Labute approximate surface area is 225 Å². The van der Waals surface area contributed by atoms with E-state index in [9.17, 15) is 15.3 Å². The zero-order valence-electron chi connectivity index (χ0n) is 18.8. The molecular formula is C26H25Cu2N4O3. The van der Waals surface area contributed by atoms with E-state index in [1.807, 2.05) is 31.2 Å². The molecule has 0 atom stereocenters. The van der Waals surface area contributed by atoms with Gasteiger partial charge in [0.05, 0.1) is 13.1 Å². The monoisotopic (exact) mass is 567 g/mol. The largest absolute Gasteiger partial charge is 1.00 e. The molecule has 1 heterocycles. The smallest absolute Gasteiger partial charge is 0.582 e. The minimum atomic E-state index is 0. The first-order valence-corrected chi connectivity index (χ1v) is 10.3. The van der Waals surface area contributed by atoms with Crippen LogP contribution in [0.3, 0.4) is 0 Å². The van der Waals surface area contributed by atoms with E-state index >= 15 is 0 Å². The maximum absolute atomic E-state index is 10.6. The van der Waals surface area contributed by atoms with Gasteiger partial charge in [0.2, 0.25) is 0 Å². The molecular weight excluding hydrogens is 543 g/mol. The van der Waals surface area contributed by atoms with Crippen molar-refractivity contribution in [2.24, 2.45) is 9.98 Å². The van der Waals surface area contributed by atoms with Gasteiger partial charge in [0.1, 0.15) is 17.2 Å². The van der Waals surface area contributed by atoms with Gasteiger partial charge >= 0.3 is 17.1 Å². The van der Waals surface area contributed by atoms with E-state index in [0.717, 1.165) is 5.56 Å². The van der Waals surface area contributed by atoms with Crippen LogP contribution in [0.25, 0.3) is 0 Å². The summed E-state index contributed by atoms with van der Waals surface area (Å²) in [6, 6.07) is 19.4. The van der Waals surface area contributed by atoms with Gasteiger partial charge in [0, 0.05) is 57.9 Å². The van der Waals surface area contributed by atoms with E-state index in [1.54, 1.807) is 67.3 Å². The Morgan fingerprint density at radius 1 is 0.800 bits per heavy atom. The molecule has 0 aliphatic rings. The van der Waals surface area contributed by atoms with Gasteiger partial charge in [-0.05, 0) is 31.2 Å². The van der Waals surface area contributed by atoms with E-state index in [-0.39, 0.29) is 64.5 Å². The van der Waals surface area contributed by atoms with Gasteiger partial charge in [-0.3, -0.25) is 9.98 Å². The molecule has 0 amide bonds. The molecule has 4 rings (SSSR count). The van der Waals surface area contributed by atoms with E-state index in [4.69, 9.17) is 0 Å². The van der Waals surface area contributed by atoms with Crippen molar-refractivity contribution >= 4 is 12.4 Å². The standard InChI is InChI=1S/C23H22N2O3.C3H3N2.2Cu/c1-16-10-19(14-24-12-17-6-2-4-8-21(17)26)23(28)20(11-16)15-25-13-18-7-3-5-9-22(18)27;1-2-4-5-3-1;;/h2-13,26-28H,14-15H2,1H3;1-3H;;/q;-1;;+1. The van der Waals surface area contributed by atoms with Crippen LogP contribution in [-0.2, 0) is 47.2 Å². The zero-order valence-corrected chi connectivity index (χ0v) is 20.7. The van der Waals surface area contributed by atoms with Crippen LogP contribution in [-0.4, -0.2) is 32.8 Å². The minimum absolute atomic E-state index is 0. The van der Waals surface area contributed by atoms with E-state index in [0.29, 0.717) is 22.3 Å². The number of phenols is 3. The van der Waals surface area contributed by atoms with Crippen LogP contribution >= 0.6 is 0 Å². The van der Waals surface area contributed by atoms with E-state index in [1.165, 1.54) is 0 Å². The van der Waals surface area contributed by atoms with Crippen molar-refractivity contribution in [3.8, 4) is 17.2 Å². The van der Waals surface area contributed by atoms with Crippen molar-refractivity contribution in [3.63, 3.8) is 0 Å². The minimum Gasteiger partial charge on any atom is -0.582 e. The summed E-state index contributed by atoms with van der Waals surface area (Å²) in [4.78, 5) is 8.68. The number of benzene rings is 3. The Morgan fingerprint density at radius 2 is 1.29 bits per heavy atom. The molecule has 35 heavy (non-hydrogen) atoms. The van der Waals surface area contributed by atoms with Crippen LogP contribution < -0.4 is 5.10 Å². The number of rotatable bonds is 6. The van der Waals surface area contributed by atoms with Crippen LogP contribution in [0.15, 0.2) is 89.1 Å². The molecule has 0 unspecified atom stereocenters. The summed E-state index contributed by atoms with van der Waals surface area (Å²) in [7, 11) is 0. The van der Waals surface area contributed by atoms with Crippen molar-refractivity contribution in [3.05, 3.63) is 107 Å². The number of hydrogen-bond acceptors (Lipinski definition) is 6. The molecule has 0 saturated heterocycles.